The first-order valence-electron chi connectivity index (χ1n) is 6.36. The normalized spacial score (nSPS) is 10.3. The third kappa shape index (κ3) is 4.02. The molecule has 0 amide bonds. The molecule has 0 saturated carbocycles. The Morgan fingerprint density at radius 3 is 2.40 bits per heavy atom. The van der Waals surface area contributed by atoms with Crippen LogP contribution in [0, 0.1) is 0 Å². The van der Waals surface area contributed by atoms with Gasteiger partial charge in [-0.15, -0.1) is 0 Å². The van der Waals surface area contributed by atoms with Gasteiger partial charge in [-0.05, 0) is 30.7 Å². The number of benzene rings is 1. The molecule has 0 bridgehead atoms. The summed E-state index contributed by atoms with van der Waals surface area (Å²) in [5.41, 5.74) is 0.601. The fraction of sp³-hybridized carbons (Fsp3) is 0.267. The molecule has 0 N–H and O–H groups in total. The van der Waals surface area contributed by atoms with Gasteiger partial charge in [-0.25, -0.2) is 4.98 Å². The Kier molecular flexibility index (Phi) is 5.50. The molecule has 0 radical (unpaired) electrons. The van der Waals surface area contributed by atoms with Crippen LogP contribution in [0.3, 0.4) is 0 Å². The van der Waals surface area contributed by atoms with Crippen molar-refractivity contribution in [1.29, 1.82) is 0 Å². The average molecular weight is 312 g/mol. The predicted octanol–water partition coefficient (Wildman–Crippen LogP) is 4.76. The fourth-order valence-electron chi connectivity index (χ4n) is 1.61. The van der Waals surface area contributed by atoms with E-state index in [0.29, 0.717) is 34.0 Å². The second kappa shape index (κ2) is 7.36. The number of halogens is 2. The number of pyridine rings is 1. The number of nitrogens with zero attached hydrogens (tertiary/aromatic N) is 1. The SMILES string of the molecule is CCCOc1ccccc1OCc1nc(Cl)ccc1Cl. The van der Waals surface area contributed by atoms with Crippen LogP contribution in [0.1, 0.15) is 19.0 Å². The highest BCUT2D eigenvalue weighted by molar-refractivity contribution is 6.32. The fourth-order valence-corrected chi connectivity index (χ4v) is 1.93. The minimum Gasteiger partial charge on any atom is -0.490 e. The van der Waals surface area contributed by atoms with Gasteiger partial charge in [0.1, 0.15) is 11.8 Å². The summed E-state index contributed by atoms with van der Waals surface area (Å²) in [6.45, 7) is 2.95. The largest absolute Gasteiger partial charge is 0.490 e. The number of hydrogen-bond acceptors (Lipinski definition) is 3. The van der Waals surface area contributed by atoms with Crippen molar-refractivity contribution < 1.29 is 9.47 Å². The summed E-state index contributed by atoms with van der Waals surface area (Å²) in [5.74, 6) is 1.38. The maximum atomic E-state index is 6.05. The minimum absolute atomic E-state index is 0.242. The van der Waals surface area contributed by atoms with Crippen molar-refractivity contribution in [2.75, 3.05) is 6.61 Å². The molecule has 106 valence electrons. The molecule has 0 atom stereocenters. The van der Waals surface area contributed by atoms with Gasteiger partial charge >= 0.3 is 0 Å². The number of hydrogen-bond donors (Lipinski definition) is 0. The van der Waals surface area contributed by atoms with Gasteiger partial charge in [-0.3, -0.25) is 0 Å². The van der Waals surface area contributed by atoms with Crippen LogP contribution in [-0.2, 0) is 6.61 Å². The summed E-state index contributed by atoms with van der Waals surface area (Å²) in [7, 11) is 0. The Balaban J connectivity index is 2.08. The van der Waals surface area contributed by atoms with Crippen LogP contribution >= 0.6 is 23.2 Å². The molecule has 3 nitrogen and oxygen atoms in total. The van der Waals surface area contributed by atoms with Crippen LogP contribution in [0.2, 0.25) is 10.2 Å². The van der Waals surface area contributed by atoms with Crippen LogP contribution in [0.25, 0.3) is 0 Å². The molecule has 2 rings (SSSR count). The summed E-state index contributed by atoms with van der Waals surface area (Å²) in [6.07, 6.45) is 0.940. The van der Waals surface area contributed by atoms with E-state index in [1.807, 2.05) is 24.3 Å². The monoisotopic (exact) mass is 311 g/mol. The molecule has 0 fully saturated rings. The van der Waals surface area contributed by atoms with E-state index in [9.17, 15) is 0 Å². The van der Waals surface area contributed by atoms with E-state index in [4.69, 9.17) is 32.7 Å². The summed E-state index contributed by atoms with van der Waals surface area (Å²) >= 11 is 11.9. The number of rotatable bonds is 6. The highest BCUT2D eigenvalue weighted by Gasteiger charge is 2.08. The van der Waals surface area contributed by atoms with Crippen molar-refractivity contribution in [3.05, 3.63) is 52.3 Å². The van der Waals surface area contributed by atoms with E-state index >= 15 is 0 Å². The van der Waals surface area contributed by atoms with Crippen LogP contribution in [0.15, 0.2) is 36.4 Å². The van der Waals surface area contributed by atoms with E-state index in [-0.39, 0.29) is 6.61 Å². The lowest BCUT2D eigenvalue weighted by atomic mass is 10.3. The van der Waals surface area contributed by atoms with E-state index in [1.165, 1.54) is 0 Å². The quantitative estimate of drug-likeness (QED) is 0.721. The zero-order chi connectivity index (χ0) is 14.4. The van der Waals surface area contributed by atoms with Crippen molar-refractivity contribution >= 4 is 23.2 Å². The third-order valence-corrected chi connectivity index (χ3v) is 3.11. The van der Waals surface area contributed by atoms with Gasteiger partial charge in [0.2, 0.25) is 0 Å². The summed E-state index contributed by atoms with van der Waals surface area (Å²) in [4.78, 5) is 4.15. The molecule has 2 aromatic rings. The number of ether oxygens (including phenoxy) is 2. The summed E-state index contributed by atoms with van der Waals surface area (Å²) in [6, 6.07) is 10.9. The van der Waals surface area contributed by atoms with Gasteiger partial charge in [0.05, 0.1) is 17.3 Å². The Labute approximate surface area is 128 Å². The number of para-hydroxylation sites is 2. The second-order valence-corrected chi connectivity index (χ2v) is 4.94. The Morgan fingerprint density at radius 2 is 1.70 bits per heavy atom. The van der Waals surface area contributed by atoms with E-state index in [2.05, 4.69) is 11.9 Å². The molecule has 1 aromatic carbocycles. The highest BCUT2D eigenvalue weighted by Crippen LogP contribution is 2.28. The van der Waals surface area contributed by atoms with Crippen molar-refractivity contribution in [1.82, 2.24) is 4.98 Å². The van der Waals surface area contributed by atoms with Crippen molar-refractivity contribution in [2.24, 2.45) is 0 Å². The maximum Gasteiger partial charge on any atom is 0.161 e. The van der Waals surface area contributed by atoms with Crippen molar-refractivity contribution in [3.8, 4) is 11.5 Å². The molecule has 20 heavy (non-hydrogen) atoms. The predicted molar refractivity (Wildman–Crippen MR) is 80.8 cm³/mol. The average Bonchev–Trinajstić information content (AvgIpc) is 2.47. The summed E-state index contributed by atoms with van der Waals surface area (Å²) < 4.78 is 11.3. The van der Waals surface area contributed by atoms with Gasteiger partial charge in [-0.1, -0.05) is 42.3 Å². The lowest BCUT2D eigenvalue weighted by molar-refractivity contribution is 0.259. The molecule has 0 aliphatic heterocycles. The van der Waals surface area contributed by atoms with Crippen LogP contribution in [-0.4, -0.2) is 11.6 Å². The third-order valence-electron chi connectivity index (χ3n) is 2.56. The van der Waals surface area contributed by atoms with Crippen LogP contribution in [0.5, 0.6) is 11.5 Å². The summed E-state index contributed by atoms with van der Waals surface area (Å²) in [5, 5.41) is 0.921. The molecule has 0 saturated heterocycles. The molecule has 1 aromatic heterocycles. The van der Waals surface area contributed by atoms with Gasteiger partial charge in [0.25, 0.3) is 0 Å². The van der Waals surface area contributed by atoms with E-state index < -0.39 is 0 Å². The second-order valence-electron chi connectivity index (χ2n) is 4.15. The maximum absolute atomic E-state index is 6.05. The standard InChI is InChI=1S/C15H15Cl2NO2/c1-2-9-19-13-5-3-4-6-14(13)20-10-12-11(16)7-8-15(17)18-12/h3-8H,2,9-10H2,1H3. The first-order valence-corrected chi connectivity index (χ1v) is 7.12. The molecular formula is C15H15Cl2NO2. The smallest absolute Gasteiger partial charge is 0.161 e. The molecule has 5 heteroatoms. The van der Waals surface area contributed by atoms with Gasteiger partial charge < -0.3 is 9.47 Å². The van der Waals surface area contributed by atoms with Crippen molar-refractivity contribution in [2.45, 2.75) is 20.0 Å². The van der Waals surface area contributed by atoms with Gasteiger partial charge in [0.15, 0.2) is 11.5 Å². The lowest BCUT2D eigenvalue weighted by Gasteiger charge is -2.12. The highest BCUT2D eigenvalue weighted by atomic mass is 35.5. The first kappa shape index (κ1) is 14.9. The molecule has 0 aliphatic carbocycles. The van der Waals surface area contributed by atoms with Gasteiger partial charge in [-0.2, -0.15) is 0 Å². The minimum atomic E-state index is 0.242. The Bertz CT molecular complexity index is 576. The molecule has 0 spiro atoms. The van der Waals surface area contributed by atoms with E-state index in [1.54, 1.807) is 12.1 Å². The molecule has 0 unspecified atom stereocenters. The Hall–Kier alpha value is -1.45. The number of aromatic nitrogens is 1. The van der Waals surface area contributed by atoms with Crippen LogP contribution in [0.4, 0.5) is 0 Å². The zero-order valence-corrected chi connectivity index (χ0v) is 12.6. The molecule has 0 aliphatic rings. The first-order chi connectivity index (χ1) is 9.70. The molecule has 1 heterocycles. The zero-order valence-electron chi connectivity index (χ0n) is 11.1. The molecular weight excluding hydrogens is 297 g/mol. The van der Waals surface area contributed by atoms with Crippen LogP contribution < -0.4 is 9.47 Å². The van der Waals surface area contributed by atoms with Crippen molar-refractivity contribution in [3.63, 3.8) is 0 Å². The topological polar surface area (TPSA) is 31.4 Å². The lowest BCUT2D eigenvalue weighted by Crippen LogP contribution is -2.02. The Morgan fingerprint density at radius 1 is 1.00 bits per heavy atom. The van der Waals surface area contributed by atoms with E-state index in [0.717, 1.165) is 6.42 Å². The van der Waals surface area contributed by atoms with Gasteiger partial charge in [0, 0.05) is 0 Å².